The van der Waals surface area contributed by atoms with Crippen LogP contribution >= 0.6 is 11.3 Å². The fourth-order valence-corrected chi connectivity index (χ4v) is 2.75. The quantitative estimate of drug-likeness (QED) is 0.531. The van der Waals surface area contributed by atoms with Gasteiger partial charge in [-0.05, 0) is 25.5 Å². The molecule has 0 aliphatic carbocycles. The molecular weight excluding hydrogens is 198 g/mol. The average molecular weight is 207 g/mol. The van der Waals surface area contributed by atoms with Crippen molar-refractivity contribution in [1.82, 2.24) is 0 Å². The van der Waals surface area contributed by atoms with Crippen LogP contribution in [0.25, 0.3) is 10.1 Å². The van der Waals surface area contributed by atoms with Gasteiger partial charge < -0.3 is 0 Å². The van der Waals surface area contributed by atoms with Crippen LogP contribution in [0.15, 0.2) is 18.2 Å². The molecule has 0 saturated heterocycles. The third-order valence-electron chi connectivity index (χ3n) is 2.25. The first-order valence-corrected chi connectivity index (χ1v) is 5.06. The van der Waals surface area contributed by atoms with E-state index in [-0.39, 0.29) is 10.6 Å². The zero-order valence-electron chi connectivity index (χ0n) is 7.90. The lowest BCUT2D eigenvalue weighted by Crippen LogP contribution is -1.88. The molecule has 0 bridgehead atoms. The lowest BCUT2D eigenvalue weighted by Gasteiger charge is -1.94. The van der Waals surface area contributed by atoms with Gasteiger partial charge in [0.2, 0.25) is 0 Å². The summed E-state index contributed by atoms with van der Waals surface area (Å²) in [7, 11) is 0. The number of benzene rings is 1. The van der Waals surface area contributed by atoms with Gasteiger partial charge in [-0.1, -0.05) is 12.1 Å². The van der Waals surface area contributed by atoms with E-state index in [2.05, 4.69) is 0 Å². The van der Waals surface area contributed by atoms with Gasteiger partial charge in [-0.15, -0.1) is 11.3 Å². The van der Waals surface area contributed by atoms with E-state index in [1.165, 1.54) is 11.3 Å². The predicted molar refractivity (Wildman–Crippen MR) is 58.0 cm³/mol. The molecular formula is C10H9NO2S. The van der Waals surface area contributed by atoms with E-state index in [0.717, 1.165) is 20.5 Å². The summed E-state index contributed by atoms with van der Waals surface area (Å²) in [6.45, 7) is 3.70. The number of fused-ring (bicyclic) bond motifs is 1. The summed E-state index contributed by atoms with van der Waals surface area (Å²) in [4.78, 5) is 11.3. The summed E-state index contributed by atoms with van der Waals surface area (Å²) >= 11 is 1.48. The van der Waals surface area contributed by atoms with Crippen LogP contribution in [0.1, 0.15) is 10.4 Å². The third kappa shape index (κ3) is 1.19. The first-order valence-electron chi connectivity index (χ1n) is 4.24. The molecule has 1 aromatic heterocycles. The van der Waals surface area contributed by atoms with Gasteiger partial charge in [-0.2, -0.15) is 0 Å². The van der Waals surface area contributed by atoms with Crippen LogP contribution in [0, 0.1) is 24.0 Å². The number of hydrogen-bond donors (Lipinski definition) is 0. The molecule has 1 aromatic carbocycles. The Morgan fingerprint density at radius 1 is 1.36 bits per heavy atom. The highest BCUT2D eigenvalue weighted by Gasteiger charge is 2.20. The van der Waals surface area contributed by atoms with Crippen molar-refractivity contribution < 1.29 is 4.92 Å². The monoisotopic (exact) mass is 207 g/mol. The van der Waals surface area contributed by atoms with Crippen LogP contribution in [0.4, 0.5) is 5.69 Å². The predicted octanol–water partition coefficient (Wildman–Crippen LogP) is 3.43. The highest BCUT2D eigenvalue weighted by molar-refractivity contribution is 7.19. The first-order chi connectivity index (χ1) is 6.61. The molecule has 0 amide bonds. The Bertz CT molecular complexity index is 516. The van der Waals surface area contributed by atoms with Crippen LogP contribution in [0.5, 0.6) is 0 Å². The summed E-state index contributed by atoms with van der Waals surface area (Å²) in [6, 6.07) is 5.76. The van der Waals surface area contributed by atoms with E-state index < -0.39 is 0 Å². The number of nitrogens with zero attached hydrogens (tertiary/aromatic N) is 1. The van der Waals surface area contributed by atoms with Crippen molar-refractivity contribution in [2.75, 3.05) is 0 Å². The molecule has 72 valence electrons. The van der Waals surface area contributed by atoms with Crippen molar-refractivity contribution in [1.29, 1.82) is 0 Å². The molecule has 0 spiro atoms. The van der Waals surface area contributed by atoms with Crippen LogP contribution in [0.2, 0.25) is 0 Å². The van der Waals surface area contributed by atoms with Crippen LogP contribution in [-0.2, 0) is 0 Å². The van der Waals surface area contributed by atoms with Gasteiger partial charge in [0.25, 0.3) is 5.69 Å². The zero-order chi connectivity index (χ0) is 10.3. The molecule has 0 aliphatic rings. The molecule has 0 saturated carbocycles. The Morgan fingerprint density at radius 3 is 2.71 bits per heavy atom. The van der Waals surface area contributed by atoms with Gasteiger partial charge >= 0.3 is 0 Å². The normalized spacial score (nSPS) is 10.7. The Balaban J connectivity index is 2.93. The van der Waals surface area contributed by atoms with E-state index in [9.17, 15) is 10.1 Å². The lowest BCUT2D eigenvalue weighted by molar-refractivity contribution is -0.383. The molecule has 1 heterocycles. The first kappa shape index (κ1) is 9.15. The fourth-order valence-electron chi connectivity index (χ4n) is 1.64. The Kier molecular flexibility index (Phi) is 2.00. The fraction of sp³-hybridized carbons (Fsp3) is 0.200. The standard InChI is InChI=1S/C10H9NO2S/c1-6-4-3-5-8-9(6)10(11(12)13)7(2)14-8/h3-5H,1-2H3. The van der Waals surface area contributed by atoms with Crippen molar-refractivity contribution in [2.24, 2.45) is 0 Å². The molecule has 0 unspecified atom stereocenters. The van der Waals surface area contributed by atoms with E-state index in [4.69, 9.17) is 0 Å². The molecule has 0 fully saturated rings. The average Bonchev–Trinajstić information content (AvgIpc) is 2.42. The molecule has 0 N–H and O–H groups in total. The highest BCUT2D eigenvalue weighted by Crippen LogP contribution is 2.38. The van der Waals surface area contributed by atoms with Gasteiger partial charge in [0, 0.05) is 4.70 Å². The molecule has 4 heteroatoms. The maximum Gasteiger partial charge on any atom is 0.290 e. The van der Waals surface area contributed by atoms with Crippen LogP contribution in [-0.4, -0.2) is 4.92 Å². The Morgan fingerprint density at radius 2 is 2.07 bits per heavy atom. The van der Waals surface area contributed by atoms with Gasteiger partial charge in [-0.25, -0.2) is 0 Å². The smallest absolute Gasteiger partial charge is 0.258 e. The number of aryl methyl sites for hydroxylation is 2. The molecule has 3 nitrogen and oxygen atoms in total. The van der Waals surface area contributed by atoms with Gasteiger partial charge in [0.15, 0.2) is 0 Å². The minimum Gasteiger partial charge on any atom is -0.258 e. The van der Waals surface area contributed by atoms with E-state index >= 15 is 0 Å². The maximum absolute atomic E-state index is 10.9. The number of hydrogen-bond acceptors (Lipinski definition) is 3. The Hall–Kier alpha value is -1.42. The molecule has 0 aliphatic heterocycles. The Labute approximate surface area is 85.1 Å². The van der Waals surface area contributed by atoms with E-state index in [1.54, 1.807) is 6.92 Å². The molecule has 2 aromatic rings. The minimum absolute atomic E-state index is 0.267. The second-order valence-corrected chi connectivity index (χ2v) is 4.47. The summed E-state index contributed by atoms with van der Waals surface area (Å²) in [6.07, 6.45) is 0. The highest BCUT2D eigenvalue weighted by atomic mass is 32.1. The summed E-state index contributed by atoms with van der Waals surface area (Å²) < 4.78 is 0.995. The zero-order valence-corrected chi connectivity index (χ0v) is 8.72. The summed E-state index contributed by atoms with van der Waals surface area (Å²) in [5.74, 6) is 0. The number of nitro groups is 1. The second kappa shape index (κ2) is 3.06. The van der Waals surface area contributed by atoms with Crippen LogP contribution in [0.3, 0.4) is 0 Å². The van der Waals surface area contributed by atoms with Crippen molar-refractivity contribution in [3.63, 3.8) is 0 Å². The van der Waals surface area contributed by atoms with E-state index in [0.29, 0.717) is 0 Å². The minimum atomic E-state index is -0.291. The molecule has 0 atom stereocenters. The second-order valence-electron chi connectivity index (χ2n) is 3.21. The topological polar surface area (TPSA) is 43.1 Å². The van der Waals surface area contributed by atoms with Gasteiger partial charge in [-0.3, -0.25) is 10.1 Å². The lowest BCUT2D eigenvalue weighted by atomic mass is 10.1. The summed E-state index contributed by atoms with van der Waals surface area (Å²) in [5, 5.41) is 11.7. The van der Waals surface area contributed by atoms with Crippen molar-refractivity contribution in [3.05, 3.63) is 38.8 Å². The maximum atomic E-state index is 10.9. The number of rotatable bonds is 1. The largest absolute Gasteiger partial charge is 0.290 e. The van der Waals surface area contributed by atoms with Crippen LogP contribution < -0.4 is 0 Å². The molecule has 2 rings (SSSR count). The SMILES string of the molecule is Cc1sc2cccc(C)c2c1[N+](=O)[O-]. The van der Waals surface area contributed by atoms with Gasteiger partial charge in [0.1, 0.15) is 0 Å². The number of thiophene rings is 1. The molecule has 0 radical (unpaired) electrons. The molecule has 14 heavy (non-hydrogen) atoms. The third-order valence-corrected chi connectivity index (χ3v) is 3.31. The van der Waals surface area contributed by atoms with Crippen molar-refractivity contribution in [2.45, 2.75) is 13.8 Å². The van der Waals surface area contributed by atoms with Gasteiger partial charge in [0.05, 0.1) is 15.2 Å². The summed E-state index contributed by atoms with van der Waals surface area (Å²) in [5.41, 5.74) is 1.24. The van der Waals surface area contributed by atoms with Crippen molar-refractivity contribution >= 4 is 27.1 Å². The van der Waals surface area contributed by atoms with Crippen molar-refractivity contribution in [3.8, 4) is 0 Å². The van der Waals surface area contributed by atoms with E-state index in [1.807, 2.05) is 25.1 Å².